The molecule has 1 heterocycles. The van der Waals surface area contributed by atoms with Crippen molar-refractivity contribution in [3.63, 3.8) is 0 Å². The lowest BCUT2D eigenvalue weighted by molar-refractivity contribution is -0.120. The molecule has 0 saturated heterocycles. The van der Waals surface area contributed by atoms with Crippen LogP contribution in [0.4, 0.5) is 0 Å². The second-order valence-electron chi connectivity index (χ2n) is 4.61. The lowest BCUT2D eigenvalue weighted by atomic mass is 10.1. The fourth-order valence-electron chi connectivity index (χ4n) is 2.11. The van der Waals surface area contributed by atoms with Gasteiger partial charge in [0, 0.05) is 22.7 Å². The topological polar surface area (TPSA) is 65.1 Å². The summed E-state index contributed by atoms with van der Waals surface area (Å²) in [6.07, 6.45) is 1.71. The Hall–Kier alpha value is -2.10. The molecular weight excluding hydrogens is 228 g/mol. The Morgan fingerprint density at radius 2 is 2.00 bits per heavy atom. The number of hydrogen-bond acceptors (Lipinski definition) is 2. The van der Waals surface area contributed by atoms with Gasteiger partial charge in [-0.1, -0.05) is 11.6 Å². The number of fused-ring (bicyclic) bond motifs is 1. The third-order valence-corrected chi connectivity index (χ3v) is 3.20. The number of carbonyl (C=O) groups excluding carboxylic acids is 2. The van der Waals surface area contributed by atoms with E-state index in [2.05, 4.69) is 0 Å². The fourth-order valence-corrected chi connectivity index (χ4v) is 2.11. The number of primary amides is 1. The molecule has 2 N–H and O–H groups in total. The summed E-state index contributed by atoms with van der Waals surface area (Å²) >= 11 is 0. The Labute approximate surface area is 105 Å². The Kier molecular flexibility index (Phi) is 2.95. The SMILES string of the molecule is CC(=O)c1cn(C(C)C(N)=O)c2ccc(C)cc12. The maximum absolute atomic E-state index is 11.6. The van der Waals surface area contributed by atoms with E-state index in [9.17, 15) is 9.59 Å². The molecule has 0 spiro atoms. The van der Waals surface area contributed by atoms with Crippen molar-refractivity contribution in [2.45, 2.75) is 26.8 Å². The number of Topliss-reactive ketones (excluding diaryl/α,β-unsaturated/α-hetero) is 1. The molecule has 1 atom stereocenters. The van der Waals surface area contributed by atoms with Crippen LogP contribution >= 0.6 is 0 Å². The highest BCUT2D eigenvalue weighted by atomic mass is 16.1. The van der Waals surface area contributed by atoms with E-state index < -0.39 is 11.9 Å². The standard InChI is InChI=1S/C14H16N2O2/c1-8-4-5-13-11(6-8)12(10(3)17)7-16(13)9(2)14(15)18/h4-7,9H,1-3H3,(H2,15,18). The third kappa shape index (κ3) is 1.90. The van der Waals surface area contributed by atoms with Gasteiger partial charge in [0.05, 0.1) is 0 Å². The monoisotopic (exact) mass is 244 g/mol. The normalized spacial score (nSPS) is 12.6. The number of benzene rings is 1. The van der Waals surface area contributed by atoms with Crippen LogP contribution in [0.3, 0.4) is 0 Å². The molecule has 94 valence electrons. The first-order valence-electron chi connectivity index (χ1n) is 5.83. The smallest absolute Gasteiger partial charge is 0.240 e. The van der Waals surface area contributed by atoms with Crippen LogP contribution in [0, 0.1) is 6.92 Å². The molecule has 18 heavy (non-hydrogen) atoms. The van der Waals surface area contributed by atoms with Crippen molar-refractivity contribution in [1.29, 1.82) is 0 Å². The Bertz CT molecular complexity index is 641. The van der Waals surface area contributed by atoms with Gasteiger partial charge in [-0.05, 0) is 32.9 Å². The van der Waals surface area contributed by atoms with Crippen molar-refractivity contribution in [2.24, 2.45) is 5.73 Å². The quantitative estimate of drug-likeness (QED) is 0.841. The number of aryl methyl sites for hydroxylation is 1. The minimum Gasteiger partial charge on any atom is -0.368 e. The summed E-state index contributed by atoms with van der Waals surface area (Å²) in [6, 6.07) is 5.35. The minimum atomic E-state index is -0.469. The molecule has 0 aliphatic carbocycles. The van der Waals surface area contributed by atoms with Crippen LogP contribution in [0.25, 0.3) is 10.9 Å². The van der Waals surface area contributed by atoms with Crippen molar-refractivity contribution >= 4 is 22.6 Å². The van der Waals surface area contributed by atoms with E-state index in [1.807, 2.05) is 25.1 Å². The van der Waals surface area contributed by atoms with Gasteiger partial charge in [0.1, 0.15) is 6.04 Å². The number of rotatable bonds is 3. The molecule has 2 aromatic rings. The zero-order valence-electron chi connectivity index (χ0n) is 10.7. The van der Waals surface area contributed by atoms with Crippen molar-refractivity contribution in [2.75, 3.05) is 0 Å². The number of carbonyl (C=O) groups is 2. The van der Waals surface area contributed by atoms with Crippen LogP contribution in [-0.2, 0) is 4.79 Å². The van der Waals surface area contributed by atoms with Crippen molar-refractivity contribution in [1.82, 2.24) is 4.57 Å². The second-order valence-corrected chi connectivity index (χ2v) is 4.61. The van der Waals surface area contributed by atoms with Crippen LogP contribution in [0.2, 0.25) is 0 Å². The van der Waals surface area contributed by atoms with E-state index in [-0.39, 0.29) is 5.78 Å². The average molecular weight is 244 g/mol. The average Bonchev–Trinajstić information content (AvgIpc) is 2.66. The molecule has 1 aromatic carbocycles. The zero-order chi connectivity index (χ0) is 13.4. The number of nitrogens with zero attached hydrogens (tertiary/aromatic N) is 1. The zero-order valence-corrected chi connectivity index (χ0v) is 10.7. The van der Waals surface area contributed by atoms with E-state index in [1.165, 1.54) is 6.92 Å². The molecular formula is C14H16N2O2. The summed E-state index contributed by atoms with van der Waals surface area (Å²) in [4.78, 5) is 23.0. The van der Waals surface area contributed by atoms with Crippen molar-refractivity contribution < 1.29 is 9.59 Å². The summed E-state index contributed by atoms with van der Waals surface area (Å²) in [7, 11) is 0. The Morgan fingerprint density at radius 1 is 1.33 bits per heavy atom. The van der Waals surface area contributed by atoms with Gasteiger partial charge in [-0.3, -0.25) is 9.59 Å². The largest absolute Gasteiger partial charge is 0.368 e. The molecule has 0 aliphatic rings. The summed E-state index contributed by atoms with van der Waals surface area (Å²) in [6.45, 7) is 5.22. The molecule has 0 bridgehead atoms. The van der Waals surface area contributed by atoms with Crippen LogP contribution in [-0.4, -0.2) is 16.3 Å². The first-order chi connectivity index (χ1) is 8.41. The Balaban J connectivity index is 2.76. The molecule has 1 unspecified atom stereocenters. The van der Waals surface area contributed by atoms with Gasteiger partial charge in [0.15, 0.2) is 5.78 Å². The van der Waals surface area contributed by atoms with Crippen LogP contribution in [0.15, 0.2) is 24.4 Å². The predicted molar refractivity (Wildman–Crippen MR) is 70.6 cm³/mol. The van der Waals surface area contributed by atoms with E-state index >= 15 is 0 Å². The van der Waals surface area contributed by atoms with E-state index in [1.54, 1.807) is 17.7 Å². The lowest BCUT2D eigenvalue weighted by Crippen LogP contribution is -2.23. The molecule has 1 amide bonds. The molecule has 0 fully saturated rings. The van der Waals surface area contributed by atoms with Gasteiger partial charge in [-0.15, -0.1) is 0 Å². The molecule has 4 nitrogen and oxygen atoms in total. The number of amides is 1. The number of hydrogen-bond donors (Lipinski definition) is 1. The van der Waals surface area contributed by atoms with E-state index in [0.29, 0.717) is 5.56 Å². The number of ketones is 1. The molecule has 0 saturated carbocycles. The first-order valence-corrected chi connectivity index (χ1v) is 5.83. The highest BCUT2D eigenvalue weighted by Crippen LogP contribution is 2.26. The molecule has 0 aliphatic heterocycles. The van der Waals surface area contributed by atoms with Crippen molar-refractivity contribution in [3.05, 3.63) is 35.5 Å². The molecule has 1 aromatic heterocycles. The molecule has 4 heteroatoms. The second kappa shape index (κ2) is 4.29. The first kappa shape index (κ1) is 12.4. The summed E-state index contributed by atoms with van der Waals surface area (Å²) in [5.74, 6) is -0.427. The Morgan fingerprint density at radius 3 is 2.56 bits per heavy atom. The van der Waals surface area contributed by atoms with Crippen LogP contribution in [0.5, 0.6) is 0 Å². The summed E-state index contributed by atoms with van der Waals surface area (Å²) in [5, 5.41) is 0.871. The lowest BCUT2D eigenvalue weighted by Gasteiger charge is -2.11. The van der Waals surface area contributed by atoms with Gasteiger partial charge < -0.3 is 10.3 Å². The fraction of sp³-hybridized carbons (Fsp3) is 0.286. The maximum Gasteiger partial charge on any atom is 0.240 e. The number of nitrogens with two attached hydrogens (primary N) is 1. The van der Waals surface area contributed by atoms with Gasteiger partial charge in [-0.25, -0.2) is 0 Å². The van der Waals surface area contributed by atoms with Crippen LogP contribution < -0.4 is 5.73 Å². The van der Waals surface area contributed by atoms with Gasteiger partial charge in [0.2, 0.25) is 5.91 Å². The van der Waals surface area contributed by atoms with E-state index in [0.717, 1.165) is 16.5 Å². The highest BCUT2D eigenvalue weighted by molar-refractivity contribution is 6.07. The maximum atomic E-state index is 11.6. The molecule has 0 radical (unpaired) electrons. The van der Waals surface area contributed by atoms with Gasteiger partial charge in [0.25, 0.3) is 0 Å². The summed E-state index contributed by atoms with van der Waals surface area (Å²) in [5.41, 5.74) is 7.89. The van der Waals surface area contributed by atoms with E-state index in [4.69, 9.17) is 5.73 Å². The summed E-state index contributed by atoms with van der Waals surface area (Å²) < 4.78 is 1.76. The van der Waals surface area contributed by atoms with Crippen LogP contribution in [0.1, 0.15) is 35.8 Å². The number of aromatic nitrogens is 1. The van der Waals surface area contributed by atoms with Gasteiger partial charge in [-0.2, -0.15) is 0 Å². The third-order valence-electron chi connectivity index (χ3n) is 3.20. The molecule has 2 rings (SSSR count). The highest BCUT2D eigenvalue weighted by Gasteiger charge is 2.18. The van der Waals surface area contributed by atoms with Gasteiger partial charge >= 0.3 is 0 Å². The predicted octanol–water partition coefficient (Wildman–Crippen LogP) is 2.20. The minimum absolute atomic E-state index is 0.0129. The van der Waals surface area contributed by atoms with Crippen molar-refractivity contribution in [3.8, 4) is 0 Å².